The van der Waals surface area contributed by atoms with Crippen LogP contribution in [0.3, 0.4) is 0 Å². The molecule has 2 aromatic carbocycles. The van der Waals surface area contributed by atoms with Crippen LogP contribution in [0, 0.1) is 10.1 Å². The number of alkyl carbamates (subject to hydrolysis) is 1. The molecule has 39 heavy (non-hydrogen) atoms. The van der Waals surface area contributed by atoms with Crippen LogP contribution in [-0.4, -0.2) is 43.8 Å². The molecule has 1 saturated carbocycles. The van der Waals surface area contributed by atoms with E-state index in [9.17, 15) is 19.7 Å². The topological polar surface area (TPSA) is 111 Å². The zero-order valence-corrected chi connectivity index (χ0v) is 25.4. The smallest absolute Gasteiger partial charge is 0.411 e. The predicted octanol–water partition coefficient (Wildman–Crippen LogP) is 6.60. The zero-order valence-electron chi connectivity index (χ0n) is 23.2. The number of hydrogen-bond acceptors (Lipinski definition) is 6. The van der Waals surface area contributed by atoms with Gasteiger partial charge in [-0.15, -0.1) is 0 Å². The van der Waals surface area contributed by atoms with Gasteiger partial charge in [0, 0.05) is 18.6 Å². The molecule has 1 unspecified atom stereocenters. The molecule has 0 radical (unpaired) electrons. The SMILES string of the molecule is CC(C)(C)OC(=O)N[C@](I)(Cc1ccc([N+](=O)[O-])cc1)C1CN(C2(c3cccc(C(C)(C)C)c3)CC2)C(=O)O1. The van der Waals surface area contributed by atoms with Crippen molar-refractivity contribution >= 4 is 40.5 Å². The molecule has 1 heterocycles. The van der Waals surface area contributed by atoms with Gasteiger partial charge in [0.25, 0.3) is 5.69 Å². The Bertz CT molecular complexity index is 1260. The first-order valence-electron chi connectivity index (χ1n) is 13.1. The maximum atomic E-state index is 13.3. The minimum Gasteiger partial charge on any atom is -0.444 e. The van der Waals surface area contributed by atoms with Crippen molar-refractivity contribution in [2.75, 3.05) is 6.54 Å². The lowest BCUT2D eigenvalue weighted by Crippen LogP contribution is -2.56. The number of nitro benzene ring substituents is 1. The molecule has 0 aromatic heterocycles. The van der Waals surface area contributed by atoms with Gasteiger partial charge >= 0.3 is 12.2 Å². The van der Waals surface area contributed by atoms with E-state index in [0.29, 0.717) is 0 Å². The van der Waals surface area contributed by atoms with E-state index in [0.717, 1.165) is 24.0 Å². The molecule has 210 valence electrons. The summed E-state index contributed by atoms with van der Waals surface area (Å²) in [5.41, 5.74) is 1.82. The molecule has 2 atom stereocenters. The number of non-ortho nitro benzene ring substituents is 1. The number of rotatable bonds is 7. The van der Waals surface area contributed by atoms with Crippen LogP contribution in [0.25, 0.3) is 0 Å². The number of benzene rings is 2. The molecule has 0 bridgehead atoms. The molecular weight excluding hydrogens is 613 g/mol. The first-order chi connectivity index (χ1) is 18.0. The largest absolute Gasteiger partial charge is 0.444 e. The van der Waals surface area contributed by atoms with E-state index in [1.807, 2.05) is 6.07 Å². The first-order valence-corrected chi connectivity index (χ1v) is 14.1. The predicted molar refractivity (Wildman–Crippen MR) is 156 cm³/mol. The molecule has 2 aliphatic rings. The summed E-state index contributed by atoms with van der Waals surface area (Å²) in [4.78, 5) is 38.7. The molecule has 9 nitrogen and oxygen atoms in total. The summed E-state index contributed by atoms with van der Waals surface area (Å²) < 4.78 is 10.4. The molecule has 1 N–H and O–H groups in total. The fraction of sp³-hybridized carbons (Fsp3) is 0.517. The quantitative estimate of drug-likeness (QED) is 0.119. The van der Waals surface area contributed by atoms with Crippen molar-refractivity contribution in [2.24, 2.45) is 0 Å². The highest BCUT2D eigenvalue weighted by atomic mass is 127. The lowest BCUT2D eigenvalue weighted by Gasteiger charge is -2.34. The number of nitrogens with one attached hydrogen (secondary N) is 1. The Balaban J connectivity index is 1.62. The summed E-state index contributed by atoms with van der Waals surface area (Å²) in [5, 5.41) is 14.1. The lowest BCUT2D eigenvalue weighted by atomic mass is 9.85. The van der Waals surface area contributed by atoms with Crippen molar-refractivity contribution in [2.45, 2.75) is 87.0 Å². The number of alkyl halides is 1. The van der Waals surface area contributed by atoms with Crippen LogP contribution < -0.4 is 5.32 Å². The van der Waals surface area contributed by atoms with Gasteiger partial charge in [0.2, 0.25) is 0 Å². The second-order valence-electron chi connectivity index (χ2n) is 12.4. The van der Waals surface area contributed by atoms with Crippen molar-refractivity contribution in [3.8, 4) is 0 Å². The summed E-state index contributed by atoms with van der Waals surface area (Å²) in [6.45, 7) is 12.1. The van der Waals surface area contributed by atoms with E-state index in [2.05, 4.69) is 66.9 Å². The Morgan fingerprint density at radius 1 is 1.15 bits per heavy atom. The Kier molecular flexibility index (Phi) is 7.65. The number of nitrogens with zero attached hydrogens (tertiary/aromatic N) is 2. The van der Waals surface area contributed by atoms with Crippen LogP contribution in [-0.2, 0) is 26.8 Å². The molecule has 1 saturated heterocycles. The van der Waals surface area contributed by atoms with Gasteiger partial charge < -0.3 is 14.8 Å². The lowest BCUT2D eigenvalue weighted by molar-refractivity contribution is -0.384. The Morgan fingerprint density at radius 2 is 1.79 bits per heavy atom. The zero-order chi connectivity index (χ0) is 28.8. The molecule has 0 spiro atoms. The van der Waals surface area contributed by atoms with Crippen molar-refractivity contribution in [1.82, 2.24) is 10.2 Å². The van der Waals surface area contributed by atoms with Gasteiger partial charge in [-0.3, -0.25) is 15.0 Å². The third kappa shape index (κ3) is 6.47. The van der Waals surface area contributed by atoms with E-state index in [1.165, 1.54) is 17.7 Å². The number of halogens is 1. The fourth-order valence-electron chi connectivity index (χ4n) is 4.90. The number of nitro groups is 1. The van der Waals surface area contributed by atoms with Gasteiger partial charge in [0.05, 0.1) is 17.0 Å². The van der Waals surface area contributed by atoms with Crippen LogP contribution in [0.4, 0.5) is 15.3 Å². The maximum Gasteiger partial charge on any atom is 0.411 e. The highest BCUT2D eigenvalue weighted by molar-refractivity contribution is 14.1. The van der Waals surface area contributed by atoms with Crippen LogP contribution in [0.5, 0.6) is 0 Å². The number of ether oxygens (including phenoxy) is 2. The van der Waals surface area contributed by atoms with E-state index < -0.39 is 37.9 Å². The summed E-state index contributed by atoms with van der Waals surface area (Å²) in [6, 6.07) is 14.5. The van der Waals surface area contributed by atoms with E-state index in [-0.39, 0.29) is 24.1 Å². The molecular formula is C29H36IN3O6. The highest BCUT2D eigenvalue weighted by Crippen LogP contribution is 2.53. The number of amides is 2. The van der Waals surface area contributed by atoms with Crippen LogP contribution in [0.15, 0.2) is 48.5 Å². The number of carbonyl (C=O) groups excluding carboxylic acids is 2. The van der Waals surface area contributed by atoms with E-state index in [1.54, 1.807) is 37.8 Å². The average Bonchev–Trinajstić information content (AvgIpc) is 3.52. The van der Waals surface area contributed by atoms with Crippen LogP contribution in [0.2, 0.25) is 0 Å². The summed E-state index contributed by atoms with van der Waals surface area (Å²) in [7, 11) is 0. The molecule has 1 aliphatic carbocycles. The summed E-state index contributed by atoms with van der Waals surface area (Å²) in [6.07, 6.45) is 0.193. The van der Waals surface area contributed by atoms with E-state index in [4.69, 9.17) is 9.47 Å². The highest BCUT2D eigenvalue weighted by Gasteiger charge is 2.58. The molecule has 1 aliphatic heterocycles. The van der Waals surface area contributed by atoms with Gasteiger partial charge in [0.1, 0.15) is 9.15 Å². The van der Waals surface area contributed by atoms with Gasteiger partial charge in [0.15, 0.2) is 6.10 Å². The standard InChI is InChI=1S/C29H36IN3O6/c1-26(2,3)20-8-7-9-21(16-20)28(14-15-28)32-18-23(38-25(32)35)29(30,31-24(34)39-27(4,5)6)17-19-10-12-22(13-11-19)33(36)37/h7-13,16,23H,14-15,17-18H2,1-6H3,(H,31,34)/t23?,29-/m1/s1. The number of cyclic esters (lactones) is 1. The van der Waals surface area contributed by atoms with Crippen molar-refractivity contribution in [3.05, 3.63) is 75.3 Å². The van der Waals surface area contributed by atoms with E-state index >= 15 is 0 Å². The van der Waals surface area contributed by atoms with Crippen molar-refractivity contribution < 1.29 is 24.0 Å². The van der Waals surface area contributed by atoms with Gasteiger partial charge in [-0.1, -0.05) is 79.8 Å². The Morgan fingerprint density at radius 3 is 2.33 bits per heavy atom. The Labute approximate surface area is 242 Å². The minimum atomic E-state index is -1.07. The summed E-state index contributed by atoms with van der Waals surface area (Å²) in [5.74, 6) is 0. The summed E-state index contributed by atoms with van der Waals surface area (Å²) >= 11 is 2.12. The maximum absolute atomic E-state index is 13.3. The molecule has 10 heteroatoms. The first kappa shape index (κ1) is 29.1. The molecule has 2 aromatic rings. The average molecular weight is 650 g/mol. The van der Waals surface area contributed by atoms with Gasteiger partial charge in [-0.2, -0.15) is 0 Å². The molecule has 2 fully saturated rings. The number of hydrogen-bond donors (Lipinski definition) is 1. The van der Waals surface area contributed by atoms with Crippen molar-refractivity contribution in [1.29, 1.82) is 0 Å². The third-order valence-electron chi connectivity index (χ3n) is 7.15. The monoisotopic (exact) mass is 649 g/mol. The van der Waals surface area contributed by atoms with Gasteiger partial charge in [-0.05, 0) is 55.7 Å². The second kappa shape index (κ2) is 10.3. The van der Waals surface area contributed by atoms with Crippen molar-refractivity contribution in [3.63, 3.8) is 0 Å². The van der Waals surface area contributed by atoms with Crippen LogP contribution >= 0.6 is 22.6 Å². The minimum absolute atomic E-state index is 0.0236. The molecule has 2 amide bonds. The molecule has 4 rings (SSSR count). The van der Waals surface area contributed by atoms with Gasteiger partial charge in [-0.25, -0.2) is 9.59 Å². The third-order valence-corrected chi connectivity index (χ3v) is 8.49. The fourth-order valence-corrected chi connectivity index (χ4v) is 5.89. The second-order valence-corrected chi connectivity index (χ2v) is 14.4. The normalized spacial score (nSPS) is 20.1. The van der Waals surface area contributed by atoms with Crippen LogP contribution in [0.1, 0.15) is 71.1 Å². The Hall–Kier alpha value is -2.89. The number of carbonyl (C=O) groups is 2.